The van der Waals surface area contributed by atoms with Crippen LogP contribution in [0.2, 0.25) is 0 Å². The number of rotatable bonds is 5. The van der Waals surface area contributed by atoms with E-state index in [1.165, 1.54) is 0 Å². The topological polar surface area (TPSA) is 62.2 Å². The first kappa shape index (κ1) is 23.5. The molecule has 0 radical (unpaired) electrons. The molecule has 0 spiro atoms. The summed E-state index contributed by atoms with van der Waals surface area (Å²) in [7, 11) is 1.60. The van der Waals surface area contributed by atoms with Gasteiger partial charge in [0.2, 0.25) is 0 Å². The number of benzene rings is 1. The average Bonchev–Trinajstić information content (AvgIpc) is 3.29. The molecular formula is C18H19F3IN5S2. The largest absolute Gasteiger partial charge is 0.434 e. The third kappa shape index (κ3) is 6.37. The molecule has 0 aliphatic heterocycles. The van der Waals surface area contributed by atoms with E-state index in [9.17, 15) is 13.2 Å². The molecule has 3 rings (SSSR count). The van der Waals surface area contributed by atoms with Crippen molar-refractivity contribution in [1.29, 1.82) is 0 Å². The van der Waals surface area contributed by atoms with Gasteiger partial charge in [0.25, 0.3) is 0 Å². The van der Waals surface area contributed by atoms with Gasteiger partial charge >= 0.3 is 6.18 Å². The second-order valence-corrected chi connectivity index (χ2v) is 7.82. The van der Waals surface area contributed by atoms with Crippen molar-refractivity contribution in [3.05, 3.63) is 57.0 Å². The predicted octanol–water partition coefficient (Wildman–Crippen LogP) is 5.08. The van der Waals surface area contributed by atoms with E-state index in [2.05, 4.69) is 25.6 Å². The number of guanidine groups is 1. The number of halogens is 4. The molecule has 0 aliphatic rings. The van der Waals surface area contributed by atoms with Gasteiger partial charge in [0, 0.05) is 22.9 Å². The molecule has 0 saturated carbocycles. The third-order valence-electron chi connectivity index (χ3n) is 3.80. The summed E-state index contributed by atoms with van der Waals surface area (Å²) in [6.07, 6.45) is -4.42. The van der Waals surface area contributed by atoms with Crippen LogP contribution < -0.4 is 10.6 Å². The zero-order valence-corrected chi connectivity index (χ0v) is 19.5. The number of aryl methyl sites for hydroxylation is 1. The molecular weight excluding hydrogens is 534 g/mol. The monoisotopic (exact) mass is 553 g/mol. The van der Waals surface area contributed by atoms with Crippen LogP contribution in [-0.4, -0.2) is 23.0 Å². The van der Waals surface area contributed by atoms with Crippen molar-refractivity contribution in [1.82, 2.24) is 20.6 Å². The van der Waals surface area contributed by atoms with Gasteiger partial charge in [0.15, 0.2) is 11.7 Å². The smallest absolute Gasteiger partial charge is 0.351 e. The third-order valence-corrected chi connectivity index (χ3v) is 5.86. The fraction of sp³-hybridized carbons (Fsp3) is 0.278. The summed E-state index contributed by atoms with van der Waals surface area (Å²) in [5.41, 5.74) is 1.13. The van der Waals surface area contributed by atoms with Crippen molar-refractivity contribution in [3.8, 4) is 10.6 Å². The fourth-order valence-corrected chi connectivity index (χ4v) is 4.11. The van der Waals surface area contributed by atoms with Gasteiger partial charge in [-0.05, 0) is 6.92 Å². The number of hydrogen-bond donors (Lipinski definition) is 2. The Labute approximate surface area is 191 Å². The minimum absolute atomic E-state index is 0. The van der Waals surface area contributed by atoms with Crippen LogP contribution in [0.1, 0.15) is 21.3 Å². The van der Waals surface area contributed by atoms with Crippen molar-refractivity contribution in [2.45, 2.75) is 26.2 Å². The maximum absolute atomic E-state index is 12.6. The Kier molecular flexibility index (Phi) is 8.40. The van der Waals surface area contributed by atoms with Crippen LogP contribution in [0.15, 0.2) is 40.7 Å². The minimum atomic E-state index is -4.42. The molecule has 0 bridgehead atoms. The van der Waals surface area contributed by atoms with Crippen LogP contribution in [0.4, 0.5) is 13.2 Å². The second kappa shape index (κ2) is 10.3. The summed E-state index contributed by atoms with van der Waals surface area (Å²) in [6, 6.07) is 9.93. The lowest BCUT2D eigenvalue weighted by atomic mass is 10.2. The minimum Gasteiger partial charge on any atom is -0.351 e. The maximum atomic E-state index is 12.6. The van der Waals surface area contributed by atoms with E-state index in [0.29, 0.717) is 17.5 Å². The van der Waals surface area contributed by atoms with Crippen LogP contribution in [0.3, 0.4) is 0 Å². The van der Waals surface area contributed by atoms with Crippen LogP contribution in [-0.2, 0) is 19.3 Å². The van der Waals surface area contributed by atoms with E-state index < -0.39 is 11.9 Å². The lowest BCUT2D eigenvalue weighted by Gasteiger charge is -2.10. The van der Waals surface area contributed by atoms with Gasteiger partial charge in [0.05, 0.1) is 18.8 Å². The Morgan fingerprint density at radius 2 is 1.79 bits per heavy atom. The molecule has 11 heteroatoms. The lowest BCUT2D eigenvalue weighted by Crippen LogP contribution is -2.36. The fourth-order valence-electron chi connectivity index (χ4n) is 2.36. The van der Waals surface area contributed by atoms with Crippen LogP contribution in [0.25, 0.3) is 10.6 Å². The molecule has 29 heavy (non-hydrogen) atoms. The van der Waals surface area contributed by atoms with E-state index in [1.54, 1.807) is 18.4 Å². The Morgan fingerprint density at radius 3 is 2.41 bits per heavy atom. The second-order valence-electron chi connectivity index (χ2n) is 5.80. The van der Waals surface area contributed by atoms with Crippen LogP contribution in [0.5, 0.6) is 0 Å². The van der Waals surface area contributed by atoms with Crippen molar-refractivity contribution in [2.24, 2.45) is 4.99 Å². The molecule has 2 heterocycles. The highest BCUT2D eigenvalue weighted by molar-refractivity contribution is 14.0. The molecule has 156 valence electrons. The van der Waals surface area contributed by atoms with Gasteiger partial charge in [-0.1, -0.05) is 30.3 Å². The number of aromatic nitrogens is 2. The Balaban J connectivity index is 0.00000300. The molecule has 5 nitrogen and oxygen atoms in total. The normalized spacial score (nSPS) is 11.8. The molecule has 2 N–H and O–H groups in total. The zero-order valence-electron chi connectivity index (χ0n) is 15.6. The van der Waals surface area contributed by atoms with E-state index >= 15 is 0 Å². The Bertz CT molecular complexity index is 954. The van der Waals surface area contributed by atoms with Gasteiger partial charge < -0.3 is 10.6 Å². The van der Waals surface area contributed by atoms with Gasteiger partial charge in [0.1, 0.15) is 10.0 Å². The summed E-state index contributed by atoms with van der Waals surface area (Å²) >= 11 is 2.56. The first-order chi connectivity index (χ1) is 13.4. The maximum Gasteiger partial charge on any atom is 0.434 e. The molecule has 3 aromatic rings. The lowest BCUT2D eigenvalue weighted by molar-refractivity contribution is -0.140. The molecule has 0 fully saturated rings. The van der Waals surface area contributed by atoms with E-state index in [4.69, 9.17) is 0 Å². The quantitative estimate of drug-likeness (QED) is 0.263. The van der Waals surface area contributed by atoms with Crippen molar-refractivity contribution < 1.29 is 13.2 Å². The standard InChI is InChI=1S/C18H18F3N5S2.HI/c1-11-13(28-16(25-11)12-6-4-3-5-7-12)8-23-17(22-2)24-9-15-26-14(10-27-15)18(19,20)21;/h3-7,10H,8-9H2,1-2H3,(H2,22,23,24);1H. The molecule has 0 unspecified atom stereocenters. The first-order valence-corrected chi connectivity index (χ1v) is 10.0. The van der Waals surface area contributed by atoms with Gasteiger partial charge in [-0.25, -0.2) is 9.97 Å². The van der Waals surface area contributed by atoms with Gasteiger partial charge in [-0.15, -0.1) is 46.7 Å². The summed E-state index contributed by atoms with van der Waals surface area (Å²) in [5, 5.41) is 8.45. The number of nitrogens with one attached hydrogen (secondary N) is 2. The molecule has 0 amide bonds. The number of thiazole rings is 2. The molecule has 0 aliphatic carbocycles. The first-order valence-electron chi connectivity index (χ1n) is 8.34. The molecule has 2 aromatic heterocycles. The zero-order chi connectivity index (χ0) is 20.1. The number of alkyl halides is 3. The van der Waals surface area contributed by atoms with Crippen molar-refractivity contribution in [3.63, 3.8) is 0 Å². The predicted molar refractivity (Wildman–Crippen MR) is 122 cm³/mol. The summed E-state index contributed by atoms with van der Waals surface area (Å²) < 4.78 is 37.9. The highest BCUT2D eigenvalue weighted by Gasteiger charge is 2.33. The number of nitrogens with zero attached hydrogens (tertiary/aromatic N) is 3. The van der Waals surface area contributed by atoms with Gasteiger partial charge in [-0.2, -0.15) is 13.2 Å². The Morgan fingerprint density at radius 1 is 1.10 bits per heavy atom. The molecule has 0 saturated heterocycles. The summed E-state index contributed by atoms with van der Waals surface area (Å²) in [4.78, 5) is 13.4. The average molecular weight is 553 g/mol. The van der Waals surface area contributed by atoms with Crippen LogP contribution >= 0.6 is 46.7 Å². The molecule has 1 aromatic carbocycles. The van der Waals surface area contributed by atoms with Crippen LogP contribution in [0, 0.1) is 6.92 Å². The SMILES string of the molecule is CN=C(NCc1nc(C(F)(F)F)cs1)NCc1sc(-c2ccccc2)nc1C.I. The Hall–Kier alpha value is -1.73. The van der Waals surface area contributed by atoms with Crippen molar-refractivity contribution in [2.75, 3.05) is 7.05 Å². The van der Waals surface area contributed by atoms with E-state index in [0.717, 1.165) is 37.9 Å². The van der Waals surface area contributed by atoms with Crippen molar-refractivity contribution >= 4 is 52.6 Å². The summed E-state index contributed by atoms with van der Waals surface area (Å²) in [6.45, 7) is 2.63. The number of hydrogen-bond acceptors (Lipinski definition) is 5. The summed E-state index contributed by atoms with van der Waals surface area (Å²) in [5.74, 6) is 0.484. The molecule has 0 atom stereocenters. The van der Waals surface area contributed by atoms with E-state index in [-0.39, 0.29) is 30.5 Å². The van der Waals surface area contributed by atoms with E-state index in [1.807, 2.05) is 37.3 Å². The van der Waals surface area contributed by atoms with Gasteiger partial charge in [-0.3, -0.25) is 4.99 Å². The highest BCUT2D eigenvalue weighted by Crippen LogP contribution is 2.30. The highest BCUT2D eigenvalue weighted by atomic mass is 127. The number of aliphatic imine (C=N–C) groups is 1.